The summed E-state index contributed by atoms with van der Waals surface area (Å²) in [5, 5.41) is 8.65. The van der Waals surface area contributed by atoms with Gasteiger partial charge in [0.05, 0.1) is 19.3 Å². The van der Waals surface area contributed by atoms with E-state index in [1.54, 1.807) is 0 Å². The van der Waals surface area contributed by atoms with E-state index in [0.717, 1.165) is 17.9 Å². The van der Waals surface area contributed by atoms with Crippen LogP contribution < -0.4 is 4.74 Å². The molecular weight excluding hydrogens is 216 g/mol. The summed E-state index contributed by atoms with van der Waals surface area (Å²) >= 11 is 0. The van der Waals surface area contributed by atoms with Gasteiger partial charge >= 0.3 is 0 Å². The second kappa shape index (κ2) is 6.23. The molecule has 1 aliphatic rings. The summed E-state index contributed by atoms with van der Waals surface area (Å²) in [6.45, 7) is 0.430. The van der Waals surface area contributed by atoms with Crippen molar-refractivity contribution in [3.63, 3.8) is 0 Å². The van der Waals surface area contributed by atoms with Gasteiger partial charge in [0.15, 0.2) is 0 Å². The second-order valence-electron chi connectivity index (χ2n) is 3.75. The number of rotatable bonds is 5. The SMILES string of the molecule is OCCOC1C=CC(Oc2ccccc2)=CC1. The maximum atomic E-state index is 8.65. The molecule has 0 radical (unpaired) electrons. The standard InChI is InChI=1S/C14H16O3/c15-10-11-16-12-6-8-14(9-7-12)17-13-4-2-1-3-5-13/h1-6,8-9,12,15H,7,10-11H2. The Morgan fingerprint density at radius 2 is 2.06 bits per heavy atom. The average molecular weight is 232 g/mol. The summed E-state index contributed by atoms with van der Waals surface area (Å²) in [5.74, 6) is 1.66. The van der Waals surface area contributed by atoms with E-state index in [4.69, 9.17) is 14.6 Å². The van der Waals surface area contributed by atoms with Gasteiger partial charge in [0.25, 0.3) is 0 Å². The largest absolute Gasteiger partial charge is 0.458 e. The Kier molecular flexibility index (Phi) is 4.36. The zero-order chi connectivity index (χ0) is 11.9. The lowest BCUT2D eigenvalue weighted by atomic mass is 10.1. The normalized spacial score (nSPS) is 18.9. The van der Waals surface area contributed by atoms with Gasteiger partial charge in [-0.05, 0) is 30.7 Å². The molecule has 1 atom stereocenters. The first-order chi connectivity index (χ1) is 8.38. The number of hydrogen-bond donors (Lipinski definition) is 1. The maximum Gasteiger partial charge on any atom is 0.127 e. The molecule has 17 heavy (non-hydrogen) atoms. The molecule has 0 bridgehead atoms. The van der Waals surface area contributed by atoms with E-state index >= 15 is 0 Å². The van der Waals surface area contributed by atoms with Crippen molar-refractivity contribution in [1.29, 1.82) is 0 Å². The molecule has 0 saturated carbocycles. The third-order valence-electron chi connectivity index (χ3n) is 2.43. The van der Waals surface area contributed by atoms with Crippen molar-refractivity contribution >= 4 is 0 Å². The maximum absolute atomic E-state index is 8.65. The molecule has 3 nitrogen and oxygen atoms in total. The molecule has 0 amide bonds. The van der Waals surface area contributed by atoms with Gasteiger partial charge < -0.3 is 14.6 Å². The van der Waals surface area contributed by atoms with E-state index in [-0.39, 0.29) is 12.7 Å². The van der Waals surface area contributed by atoms with Crippen LogP contribution in [-0.2, 0) is 4.74 Å². The van der Waals surface area contributed by atoms with Crippen LogP contribution in [0.25, 0.3) is 0 Å². The van der Waals surface area contributed by atoms with Crippen molar-refractivity contribution in [2.24, 2.45) is 0 Å². The van der Waals surface area contributed by atoms with Crippen LogP contribution in [0.5, 0.6) is 5.75 Å². The van der Waals surface area contributed by atoms with Crippen LogP contribution in [0, 0.1) is 0 Å². The Labute approximate surface area is 101 Å². The highest BCUT2D eigenvalue weighted by Gasteiger charge is 2.09. The highest BCUT2D eigenvalue weighted by atomic mass is 16.5. The molecule has 0 saturated heterocycles. The van der Waals surface area contributed by atoms with E-state index in [1.807, 2.05) is 48.6 Å². The lowest BCUT2D eigenvalue weighted by Crippen LogP contribution is -2.15. The minimum Gasteiger partial charge on any atom is -0.458 e. The summed E-state index contributed by atoms with van der Waals surface area (Å²) in [6, 6.07) is 9.67. The van der Waals surface area contributed by atoms with Crippen LogP contribution in [0.15, 0.2) is 54.3 Å². The van der Waals surface area contributed by atoms with E-state index in [0.29, 0.717) is 6.61 Å². The summed E-state index contributed by atoms with van der Waals surface area (Å²) in [4.78, 5) is 0. The molecule has 0 aliphatic heterocycles. The van der Waals surface area contributed by atoms with Crippen LogP contribution in [0.2, 0.25) is 0 Å². The summed E-state index contributed by atoms with van der Waals surface area (Å²) in [7, 11) is 0. The minimum atomic E-state index is 0.0465. The molecular formula is C14H16O3. The van der Waals surface area contributed by atoms with Crippen LogP contribution >= 0.6 is 0 Å². The first-order valence-corrected chi connectivity index (χ1v) is 5.72. The topological polar surface area (TPSA) is 38.7 Å². The van der Waals surface area contributed by atoms with Gasteiger partial charge in [-0.25, -0.2) is 0 Å². The quantitative estimate of drug-likeness (QED) is 0.846. The van der Waals surface area contributed by atoms with Crippen LogP contribution in [0.4, 0.5) is 0 Å². The Bertz CT molecular complexity index is 395. The van der Waals surface area contributed by atoms with Crippen molar-refractivity contribution in [1.82, 2.24) is 0 Å². The number of hydrogen-bond acceptors (Lipinski definition) is 3. The molecule has 3 heteroatoms. The zero-order valence-electron chi connectivity index (χ0n) is 9.58. The fourth-order valence-electron chi connectivity index (χ4n) is 1.61. The van der Waals surface area contributed by atoms with Crippen LogP contribution in [0.3, 0.4) is 0 Å². The van der Waals surface area contributed by atoms with Gasteiger partial charge in [-0.3, -0.25) is 0 Å². The van der Waals surface area contributed by atoms with Gasteiger partial charge in [0.1, 0.15) is 11.5 Å². The van der Waals surface area contributed by atoms with Gasteiger partial charge in [0, 0.05) is 0 Å². The molecule has 90 valence electrons. The Morgan fingerprint density at radius 1 is 1.24 bits per heavy atom. The second-order valence-corrected chi connectivity index (χ2v) is 3.75. The van der Waals surface area contributed by atoms with Crippen molar-refractivity contribution in [2.75, 3.05) is 13.2 Å². The van der Waals surface area contributed by atoms with Crippen molar-refractivity contribution in [3.05, 3.63) is 54.3 Å². The van der Waals surface area contributed by atoms with Gasteiger partial charge in [-0.15, -0.1) is 0 Å². The summed E-state index contributed by atoms with van der Waals surface area (Å²) in [5.41, 5.74) is 0. The van der Waals surface area contributed by atoms with Crippen LogP contribution in [0.1, 0.15) is 6.42 Å². The minimum absolute atomic E-state index is 0.0465. The zero-order valence-corrected chi connectivity index (χ0v) is 9.58. The lowest BCUT2D eigenvalue weighted by Gasteiger charge is -2.16. The first kappa shape index (κ1) is 11.9. The predicted octanol–water partition coefficient (Wildman–Crippen LogP) is 2.29. The molecule has 1 aliphatic carbocycles. The number of allylic oxidation sites excluding steroid dienone is 1. The predicted molar refractivity (Wildman–Crippen MR) is 65.7 cm³/mol. The van der Waals surface area contributed by atoms with Gasteiger partial charge in [-0.2, -0.15) is 0 Å². The number of benzene rings is 1. The monoisotopic (exact) mass is 232 g/mol. The Hall–Kier alpha value is -1.58. The number of ether oxygens (including phenoxy) is 2. The number of para-hydroxylation sites is 1. The number of aliphatic hydroxyl groups is 1. The fourth-order valence-corrected chi connectivity index (χ4v) is 1.61. The molecule has 2 rings (SSSR count). The van der Waals surface area contributed by atoms with Crippen molar-refractivity contribution in [3.8, 4) is 5.75 Å². The smallest absolute Gasteiger partial charge is 0.127 e. The summed E-state index contributed by atoms with van der Waals surface area (Å²) in [6.07, 6.45) is 6.67. The van der Waals surface area contributed by atoms with Gasteiger partial charge in [0.2, 0.25) is 0 Å². The Morgan fingerprint density at radius 3 is 2.71 bits per heavy atom. The molecule has 0 aromatic heterocycles. The van der Waals surface area contributed by atoms with Crippen molar-refractivity contribution < 1.29 is 14.6 Å². The molecule has 1 aromatic rings. The lowest BCUT2D eigenvalue weighted by molar-refractivity contribution is 0.0549. The molecule has 0 spiro atoms. The first-order valence-electron chi connectivity index (χ1n) is 5.72. The van der Waals surface area contributed by atoms with Gasteiger partial charge in [-0.1, -0.05) is 24.3 Å². The Balaban J connectivity index is 1.85. The molecule has 1 N–H and O–H groups in total. The van der Waals surface area contributed by atoms with Crippen molar-refractivity contribution in [2.45, 2.75) is 12.5 Å². The van der Waals surface area contributed by atoms with E-state index in [2.05, 4.69) is 0 Å². The van der Waals surface area contributed by atoms with E-state index < -0.39 is 0 Å². The third kappa shape index (κ3) is 3.73. The highest BCUT2D eigenvalue weighted by Crippen LogP contribution is 2.18. The third-order valence-corrected chi connectivity index (χ3v) is 2.43. The number of aliphatic hydroxyl groups excluding tert-OH is 1. The highest BCUT2D eigenvalue weighted by molar-refractivity contribution is 5.28. The summed E-state index contributed by atoms with van der Waals surface area (Å²) < 4.78 is 11.1. The molecule has 1 aromatic carbocycles. The van der Waals surface area contributed by atoms with E-state index in [1.165, 1.54) is 0 Å². The molecule has 0 heterocycles. The van der Waals surface area contributed by atoms with E-state index in [9.17, 15) is 0 Å². The molecule has 0 fully saturated rings. The molecule has 1 unspecified atom stereocenters. The average Bonchev–Trinajstić information content (AvgIpc) is 2.39. The fraction of sp³-hybridized carbons (Fsp3) is 0.286. The van der Waals surface area contributed by atoms with Crippen LogP contribution in [-0.4, -0.2) is 24.4 Å².